The summed E-state index contributed by atoms with van der Waals surface area (Å²) in [5, 5.41) is 3.04. The van der Waals surface area contributed by atoms with Crippen LogP contribution in [-0.2, 0) is 0 Å². The number of benzene rings is 3. The first kappa shape index (κ1) is 12.9. The van der Waals surface area contributed by atoms with Crippen LogP contribution in [0, 0.1) is 6.92 Å². The highest BCUT2D eigenvalue weighted by Crippen LogP contribution is 2.30. The lowest BCUT2D eigenvalue weighted by atomic mass is 10.0. The van der Waals surface area contributed by atoms with Crippen LogP contribution >= 0.6 is 0 Å². The molecule has 0 amide bonds. The average Bonchev–Trinajstić information content (AvgIpc) is 2.53. The normalized spacial score (nSPS) is 11.4. The first-order chi connectivity index (χ1) is 10.7. The van der Waals surface area contributed by atoms with E-state index in [4.69, 9.17) is 9.15 Å². The van der Waals surface area contributed by atoms with Gasteiger partial charge in [0.1, 0.15) is 22.3 Å². The minimum absolute atomic E-state index is 0.0510. The monoisotopic (exact) mass is 290 g/mol. The summed E-state index contributed by atoms with van der Waals surface area (Å²) >= 11 is 0. The summed E-state index contributed by atoms with van der Waals surface area (Å²) in [4.78, 5) is 13.1. The fraction of sp³-hybridized carbons (Fsp3) is 0.105. The predicted octanol–water partition coefficient (Wildman–Crippen LogP) is 4.42. The molecule has 0 unspecified atom stereocenters. The molecule has 0 radical (unpaired) electrons. The van der Waals surface area contributed by atoms with Crippen molar-refractivity contribution in [1.82, 2.24) is 0 Å². The van der Waals surface area contributed by atoms with E-state index in [1.54, 1.807) is 19.2 Å². The Hall–Kier alpha value is -2.81. The van der Waals surface area contributed by atoms with E-state index in [1.165, 1.54) is 0 Å². The van der Waals surface area contributed by atoms with E-state index < -0.39 is 0 Å². The molecule has 0 saturated carbocycles. The molecule has 1 heterocycles. The van der Waals surface area contributed by atoms with Crippen molar-refractivity contribution in [2.24, 2.45) is 0 Å². The lowest BCUT2D eigenvalue weighted by molar-refractivity contribution is 0.419. The average molecular weight is 290 g/mol. The molecular formula is C19H14O3. The van der Waals surface area contributed by atoms with Crippen LogP contribution in [0.4, 0.5) is 0 Å². The molecule has 22 heavy (non-hydrogen) atoms. The standard InChI is InChI=1S/C19H14O3/c1-11-6-7-12-8-9-16-17(13(12)10-11)19(20)18-14(21-2)4-3-5-15(18)22-16/h3-10H,1-2H3. The van der Waals surface area contributed by atoms with Gasteiger partial charge in [-0.15, -0.1) is 0 Å². The second kappa shape index (κ2) is 4.60. The Morgan fingerprint density at radius 2 is 1.73 bits per heavy atom. The lowest BCUT2D eigenvalue weighted by Gasteiger charge is -2.08. The van der Waals surface area contributed by atoms with E-state index >= 15 is 0 Å². The van der Waals surface area contributed by atoms with Crippen molar-refractivity contribution >= 4 is 32.7 Å². The van der Waals surface area contributed by atoms with Gasteiger partial charge in [-0.3, -0.25) is 4.79 Å². The van der Waals surface area contributed by atoms with Crippen LogP contribution < -0.4 is 10.2 Å². The molecule has 4 aromatic rings. The molecule has 0 aliphatic rings. The predicted molar refractivity (Wildman–Crippen MR) is 88.8 cm³/mol. The van der Waals surface area contributed by atoms with Crippen LogP contribution in [0.1, 0.15) is 5.56 Å². The number of hydrogen-bond donors (Lipinski definition) is 0. The minimum atomic E-state index is -0.0510. The molecule has 4 rings (SSSR count). The molecule has 3 nitrogen and oxygen atoms in total. The Morgan fingerprint density at radius 1 is 0.955 bits per heavy atom. The van der Waals surface area contributed by atoms with Crippen molar-refractivity contribution in [1.29, 1.82) is 0 Å². The third-order valence-electron chi connectivity index (χ3n) is 4.02. The van der Waals surface area contributed by atoms with Crippen LogP contribution in [0.5, 0.6) is 5.75 Å². The van der Waals surface area contributed by atoms with E-state index in [1.807, 2.05) is 43.3 Å². The Balaban J connectivity index is 2.32. The van der Waals surface area contributed by atoms with Gasteiger partial charge < -0.3 is 9.15 Å². The SMILES string of the molecule is COc1cccc2oc3ccc4ccc(C)cc4c3c(=O)c12. The van der Waals surface area contributed by atoms with Crippen molar-refractivity contribution in [2.45, 2.75) is 6.92 Å². The summed E-state index contributed by atoms with van der Waals surface area (Å²) < 4.78 is 11.3. The maximum atomic E-state index is 13.1. The summed E-state index contributed by atoms with van der Waals surface area (Å²) in [5.74, 6) is 0.540. The quantitative estimate of drug-likeness (QED) is 0.385. The fourth-order valence-electron chi connectivity index (χ4n) is 2.97. The van der Waals surface area contributed by atoms with Gasteiger partial charge in [0.2, 0.25) is 5.43 Å². The van der Waals surface area contributed by atoms with Gasteiger partial charge in [-0.2, -0.15) is 0 Å². The highest BCUT2D eigenvalue weighted by atomic mass is 16.5. The first-order valence-corrected chi connectivity index (χ1v) is 7.12. The zero-order valence-electron chi connectivity index (χ0n) is 12.3. The number of fused-ring (bicyclic) bond motifs is 4. The van der Waals surface area contributed by atoms with Gasteiger partial charge in [-0.1, -0.05) is 35.9 Å². The number of methoxy groups -OCH3 is 1. The van der Waals surface area contributed by atoms with Gasteiger partial charge in [-0.05, 0) is 35.9 Å². The van der Waals surface area contributed by atoms with E-state index in [9.17, 15) is 4.79 Å². The molecule has 0 saturated heterocycles. The van der Waals surface area contributed by atoms with Crippen molar-refractivity contribution in [3.8, 4) is 5.75 Å². The smallest absolute Gasteiger partial charge is 0.204 e. The molecule has 0 aliphatic carbocycles. The number of ether oxygens (including phenoxy) is 1. The highest BCUT2D eigenvalue weighted by Gasteiger charge is 2.14. The van der Waals surface area contributed by atoms with Crippen LogP contribution in [0.15, 0.2) is 57.7 Å². The van der Waals surface area contributed by atoms with Gasteiger partial charge in [-0.25, -0.2) is 0 Å². The summed E-state index contributed by atoms with van der Waals surface area (Å²) in [6.07, 6.45) is 0. The van der Waals surface area contributed by atoms with E-state index in [2.05, 4.69) is 0 Å². The third kappa shape index (κ3) is 1.72. The summed E-state index contributed by atoms with van der Waals surface area (Å²) in [6.45, 7) is 2.02. The second-order valence-corrected chi connectivity index (χ2v) is 5.43. The number of hydrogen-bond acceptors (Lipinski definition) is 3. The van der Waals surface area contributed by atoms with E-state index in [0.29, 0.717) is 27.7 Å². The van der Waals surface area contributed by atoms with Gasteiger partial charge in [0.25, 0.3) is 0 Å². The number of rotatable bonds is 1. The highest BCUT2D eigenvalue weighted by molar-refractivity contribution is 6.09. The molecular weight excluding hydrogens is 276 g/mol. The third-order valence-corrected chi connectivity index (χ3v) is 4.02. The first-order valence-electron chi connectivity index (χ1n) is 7.12. The molecule has 0 atom stereocenters. The molecule has 3 aromatic carbocycles. The van der Waals surface area contributed by atoms with Gasteiger partial charge >= 0.3 is 0 Å². The van der Waals surface area contributed by atoms with Crippen molar-refractivity contribution in [2.75, 3.05) is 7.11 Å². The van der Waals surface area contributed by atoms with Gasteiger partial charge in [0.05, 0.1) is 12.5 Å². The Bertz CT molecular complexity index is 1090. The van der Waals surface area contributed by atoms with Crippen LogP contribution in [-0.4, -0.2) is 7.11 Å². The van der Waals surface area contributed by atoms with Crippen molar-refractivity contribution in [3.05, 3.63) is 64.3 Å². The van der Waals surface area contributed by atoms with Crippen LogP contribution in [0.2, 0.25) is 0 Å². The number of aryl methyl sites for hydroxylation is 1. The molecule has 0 fully saturated rings. The molecule has 1 aromatic heterocycles. The van der Waals surface area contributed by atoms with Crippen LogP contribution in [0.25, 0.3) is 32.7 Å². The molecule has 3 heteroatoms. The molecule has 0 N–H and O–H groups in total. The maximum Gasteiger partial charge on any atom is 0.204 e. The van der Waals surface area contributed by atoms with Crippen molar-refractivity contribution < 1.29 is 9.15 Å². The lowest BCUT2D eigenvalue weighted by Crippen LogP contribution is -2.04. The van der Waals surface area contributed by atoms with E-state index in [0.717, 1.165) is 16.3 Å². The Labute approximate surface area is 126 Å². The van der Waals surface area contributed by atoms with Gasteiger partial charge in [0, 0.05) is 0 Å². The Morgan fingerprint density at radius 3 is 2.55 bits per heavy atom. The summed E-state index contributed by atoms with van der Waals surface area (Å²) in [7, 11) is 1.56. The van der Waals surface area contributed by atoms with Crippen LogP contribution in [0.3, 0.4) is 0 Å². The molecule has 0 bridgehead atoms. The molecule has 0 spiro atoms. The maximum absolute atomic E-state index is 13.1. The zero-order chi connectivity index (χ0) is 15.3. The summed E-state index contributed by atoms with van der Waals surface area (Å²) in [5.41, 5.74) is 2.21. The largest absolute Gasteiger partial charge is 0.496 e. The minimum Gasteiger partial charge on any atom is -0.496 e. The molecule has 0 aliphatic heterocycles. The second-order valence-electron chi connectivity index (χ2n) is 5.43. The Kier molecular flexibility index (Phi) is 2.70. The fourth-order valence-corrected chi connectivity index (χ4v) is 2.97. The van der Waals surface area contributed by atoms with Gasteiger partial charge in [0.15, 0.2) is 0 Å². The molecule has 108 valence electrons. The van der Waals surface area contributed by atoms with Crippen molar-refractivity contribution in [3.63, 3.8) is 0 Å². The summed E-state index contributed by atoms with van der Waals surface area (Å²) in [6, 6.07) is 15.3. The van der Waals surface area contributed by atoms with E-state index in [-0.39, 0.29) is 5.43 Å². The topological polar surface area (TPSA) is 39.4 Å². The zero-order valence-corrected chi connectivity index (χ0v) is 12.3.